The fourth-order valence-electron chi connectivity index (χ4n) is 1.69. The average Bonchev–Trinajstić information content (AvgIpc) is 3.05. The lowest BCUT2D eigenvalue weighted by atomic mass is 10.5. The molecule has 2 N–H and O–H groups in total. The van der Waals surface area contributed by atoms with Crippen LogP contribution in [0.5, 0.6) is 0 Å². The van der Waals surface area contributed by atoms with Crippen molar-refractivity contribution in [1.29, 1.82) is 0 Å². The van der Waals surface area contributed by atoms with E-state index in [2.05, 4.69) is 30.3 Å². The maximum absolute atomic E-state index is 4.16. The first kappa shape index (κ1) is 13.1. The number of aryl methyl sites for hydroxylation is 1. The van der Waals surface area contributed by atoms with E-state index in [4.69, 9.17) is 0 Å². The molecule has 19 heavy (non-hydrogen) atoms. The molecule has 102 valence electrons. The lowest BCUT2D eigenvalue weighted by molar-refractivity contribution is 0.649. The van der Waals surface area contributed by atoms with Crippen LogP contribution in [-0.4, -0.2) is 38.9 Å². The molecule has 0 unspecified atom stereocenters. The molecule has 0 aromatic carbocycles. The first-order valence-corrected chi connectivity index (χ1v) is 6.17. The molecule has 2 rings (SSSR count). The van der Waals surface area contributed by atoms with E-state index in [9.17, 15) is 0 Å². The van der Waals surface area contributed by atoms with E-state index < -0.39 is 0 Å². The molecule has 0 saturated carbocycles. The second-order valence-electron chi connectivity index (χ2n) is 4.07. The number of rotatable bonds is 5. The molecule has 2 aromatic rings. The molecule has 0 spiro atoms. The van der Waals surface area contributed by atoms with Crippen LogP contribution in [0.2, 0.25) is 0 Å². The maximum Gasteiger partial charge on any atom is 0.191 e. The monoisotopic (exact) mass is 261 g/mol. The van der Waals surface area contributed by atoms with E-state index in [1.54, 1.807) is 18.1 Å². The standard InChI is InChI=1S/C12H19N7/c1-13-12(14-5-8-19-6-3-4-7-19)15-9-11-16-10-17-18(11)2/h3-4,6-7,10H,5,8-9H2,1-2H3,(H2,13,14,15). The van der Waals surface area contributed by atoms with Crippen LogP contribution in [0, 0.1) is 0 Å². The van der Waals surface area contributed by atoms with Gasteiger partial charge < -0.3 is 15.2 Å². The van der Waals surface area contributed by atoms with Crippen LogP contribution in [0.1, 0.15) is 5.82 Å². The molecule has 7 nitrogen and oxygen atoms in total. The summed E-state index contributed by atoms with van der Waals surface area (Å²) >= 11 is 0. The van der Waals surface area contributed by atoms with Crippen molar-refractivity contribution in [2.24, 2.45) is 12.0 Å². The lowest BCUT2D eigenvalue weighted by Gasteiger charge is -2.11. The Morgan fingerprint density at radius 2 is 2.11 bits per heavy atom. The van der Waals surface area contributed by atoms with Crippen LogP contribution < -0.4 is 10.6 Å². The minimum atomic E-state index is 0.597. The predicted molar refractivity (Wildman–Crippen MR) is 73.6 cm³/mol. The zero-order valence-electron chi connectivity index (χ0n) is 11.2. The van der Waals surface area contributed by atoms with Gasteiger partial charge in [0.1, 0.15) is 12.2 Å². The first-order chi connectivity index (χ1) is 9.29. The third-order valence-electron chi connectivity index (χ3n) is 2.77. The molecular weight excluding hydrogens is 242 g/mol. The van der Waals surface area contributed by atoms with Gasteiger partial charge in [-0.2, -0.15) is 5.10 Å². The third-order valence-corrected chi connectivity index (χ3v) is 2.77. The van der Waals surface area contributed by atoms with Crippen LogP contribution in [0.3, 0.4) is 0 Å². The number of hydrogen-bond acceptors (Lipinski definition) is 3. The summed E-state index contributed by atoms with van der Waals surface area (Å²) in [5, 5.41) is 10.5. The summed E-state index contributed by atoms with van der Waals surface area (Å²) < 4.78 is 3.85. The number of guanidine groups is 1. The Kier molecular flexibility index (Phi) is 4.54. The van der Waals surface area contributed by atoms with Gasteiger partial charge in [-0.3, -0.25) is 9.67 Å². The van der Waals surface area contributed by atoms with Gasteiger partial charge in [0.2, 0.25) is 0 Å². The molecule has 0 aliphatic rings. The number of hydrogen-bond donors (Lipinski definition) is 2. The van der Waals surface area contributed by atoms with Crippen LogP contribution in [0.25, 0.3) is 0 Å². The highest BCUT2D eigenvalue weighted by Gasteiger charge is 2.02. The van der Waals surface area contributed by atoms with E-state index in [1.165, 1.54) is 0 Å². The first-order valence-electron chi connectivity index (χ1n) is 6.17. The van der Waals surface area contributed by atoms with Gasteiger partial charge in [-0.1, -0.05) is 0 Å². The van der Waals surface area contributed by atoms with E-state index >= 15 is 0 Å². The molecule has 7 heteroatoms. The summed E-state index contributed by atoms with van der Waals surface area (Å²) in [5.74, 6) is 1.63. The van der Waals surface area contributed by atoms with Crippen molar-refractivity contribution >= 4 is 5.96 Å². The van der Waals surface area contributed by atoms with Gasteiger partial charge in [-0.05, 0) is 12.1 Å². The summed E-state index contributed by atoms with van der Waals surface area (Å²) in [6.45, 7) is 2.31. The lowest BCUT2D eigenvalue weighted by Crippen LogP contribution is -2.38. The van der Waals surface area contributed by atoms with Gasteiger partial charge in [0, 0.05) is 39.6 Å². The number of nitrogens with zero attached hydrogens (tertiary/aromatic N) is 5. The fourth-order valence-corrected chi connectivity index (χ4v) is 1.69. The Bertz CT molecular complexity index is 512. The quantitative estimate of drug-likeness (QED) is 0.586. The van der Waals surface area contributed by atoms with Gasteiger partial charge >= 0.3 is 0 Å². The van der Waals surface area contributed by atoms with E-state index in [0.717, 1.165) is 24.9 Å². The molecule has 0 radical (unpaired) electrons. The molecule has 0 aliphatic heterocycles. The normalized spacial score (nSPS) is 11.6. The second kappa shape index (κ2) is 6.58. The summed E-state index contributed by atoms with van der Waals surface area (Å²) in [4.78, 5) is 8.31. The topological polar surface area (TPSA) is 72.1 Å². The minimum Gasteiger partial charge on any atom is -0.355 e. The van der Waals surface area contributed by atoms with Crippen molar-refractivity contribution in [3.8, 4) is 0 Å². The largest absolute Gasteiger partial charge is 0.355 e. The highest BCUT2D eigenvalue weighted by molar-refractivity contribution is 5.79. The summed E-state index contributed by atoms with van der Waals surface area (Å²) in [6.07, 6.45) is 5.62. The predicted octanol–water partition coefficient (Wildman–Crippen LogP) is -0.0182. The highest BCUT2D eigenvalue weighted by atomic mass is 15.3. The Labute approximate surface area is 112 Å². The minimum absolute atomic E-state index is 0.597. The molecule has 2 heterocycles. The zero-order chi connectivity index (χ0) is 13.5. The van der Waals surface area contributed by atoms with Crippen LogP contribution in [-0.2, 0) is 20.1 Å². The average molecular weight is 261 g/mol. The van der Waals surface area contributed by atoms with Gasteiger partial charge in [-0.25, -0.2) is 4.98 Å². The van der Waals surface area contributed by atoms with Gasteiger partial charge in [-0.15, -0.1) is 0 Å². The van der Waals surface area contributed by atoms with Crippen LogP contribution in [0.4, 0.5) is 0 Å². The number of aromatic nitrogens is 4. The van der Waals surface area contributed by atoms with Gasteiger partial charge in [0.05, 0.1) is 6.54 Å². The van der Waals surface area contributed by atoms with E-state index in [-0.39, 0.29) is 0 Å². The smallest absolute Gasteiger partial charge is 0.191 e. The molecule has 2 aromatic heterocycles. The highest BCUT2D eigenvalue weighted by Crippen LogP contribution is 1.90. The third kappa shape index (κ3) is 3.84. The molecular formula is C12H19N7. The van der Waals surface area contributed by atoms with Crippen molar-refractivity contribution in [3.05, 3.63) is 36.7 Å². The Morgan fingerprint density at radius 1 is 1.32 bits per heavy atom. The summed E-state index contributed by atoms with van der Waals surface area (Å²) in [6, 6.07) is 4.03. The number of aliphatic imine (C=N–C) groups is 1. The van der Waals surface area contributed by atoms with Crippen molar-refractivity contribution in [1.82, 2.24) is 30.0 Å². The van der Waals surface area contributed by atoms with Crippen LogP contribution >= 0.6 is 0 Å². The Morgan fingerprint density at radius 3 is 2.74 bits per heavy atom. The molecule has 0 fully saturated rings. The zero-order valence-corrected chi connectivity index (χ0v) is 11.2. The van der Waals surface area contributed by atoms with Crippen molar-refractivity contribution < 1.29 is 0 Å². The van der Waals surface area contributed by atoms with Crippen LogP contribution in [0.15, 0.2) is 35.8 Å². The van der Waals surface area contributed by atoms with Crippen molar-refractivity contribution in [2.75, 3.05) is 13.6 Å². The SMILES string of the molecule is CN=C(NCCn1cccc1)NCc1ncnn1C. The number of nitrogens with one attached hydrogen (secondary N) is 2. The van der Waals surface area contributed by atoms with Crippen molar-refractivity contribution in [3.63, 3.8) is 0 Å². The Balaban J connectivity index is 1.73. The second-order valence-corrected chi connectivity index (χ2v) is 4.07. The van der Waals surface area contributed by atoms with E-state index in [0.29, 0.717) is 6.54 Å². The summed E-state index contributed by atoms with van der Waals surface area (Å²) in [7, 11) is 3.62. The molecule has 0 bridgehead atoms. The van der Waals surface area contributed by atoms with Gasteiger partial charge in [0.15, 0.2) is 5.96 Å². The molecule has 0 aliphatic carbocycles. The molecule has 0 amide bonds. The summed E-state index contributed by atoms with van der Waals surface area (Å²) in [5.41, 5.74) is 0. The molecule has 0 atom stereocenters. The fraction of sp³-hybridized carbons (Fsp3) is 0.417. The molecule has 0 saturated heterocycles. The Hall–Kier alpha value is -2.31. The van der Waals surface area contributed by atoms with E-state index in [1.807, 2.05) is 31.6 Å². The van der Waals surface area contributed by atoms with Gasteiger partial charge in [0.25, 0.3) is 0 Å². The maximum atomic E-state index is 4.16. The van der Waals surface area contributed by atoms with Crippen molar-refractivity contribution in [2.45, 2.75) is 13.1 Å².